The van der Waals surface area contributed by atoms with E-state index in [4.69, 9.17) is 4.74 Å². The molecule has 1 aliphatic heterocycles. The summed E-state index contributed by atoms with van der Waals surface area (Å²) in [5.41, 5.74) is -0.827. The van der Waals surface area contributed by atoms with Gasteiger partial charge in [-0.25, -0.2) is 9.78 Å². The van der Waals surface area contributed by atoms with Crippen LogP contribution >= 0.6 is 0 Å². The van der Waals surface area contributed by atoms with Crippen molar-refractivity contribution in [2.24, 2.45) is 0 Å². The zero-order chi connectivity index (χ0) is 19.8. The van der Waals surface area contributed by atoms with E-state index in [0.29, 0.717) is 24.4 Å². The fraction of sp³-hybridized carbons (Fsp3) is 0.500. The standard InChI is InChI=1S/C16H19F3N6O2/c1-4-20-12-10(16(17,18)19)7-21-14(23-12)22-11-8-25(24-9(11)2)15(3)5-6-27-13(15)26/h7-8H,4-6H2,1-3H3,(H2,20,21,22,23)/t15-/m1/s1. The Balaban J connectivity index is 1.90. The van der Waals surface area contributed by atoms with Crippen molar-refractivity contribution in [3.05, 3.63) is 23.7 Å². The van der Waals surface area contributed by atoms with E-state index in [2.05, 4.69) is 25.7 Å². The molecule has 2 aromatic heterocycles. The van der Waals surface area contributed by atoms with Crippen LogP contribution in [-0.2, 0) is 21.2 Å². The number of cyclic esters (lactones) is 1. The number of rotatable bonds is 5. The summed E-state index contributed by atoms with van der Waals surface area (Å²) < 4.78 is 45.7. The number of hydrogen-bond donors (Lipinski definition) is 2. The molecule has 0 amide bonds. The number of esters is 1. The Morgan fingerprint density at radius 3 is 2.74 bits per heavy atom. The van der Waals surface area contributed by atoms with Crippen molar-refractivity contribution >= 4 is 23.4 Å². The number of carbonyl (C=O) groups excluding carboxylic acids is 1. The van der Waals surface area contributed by atoms with Crippen LogP contribution < -0.4 is 10.6 Å². The summed E-state index contributed by atoms with van der Waals surface area (Å²) in [4.78, 5) is 19.7. The van der Waals surface area contributed by atoms with Crippen molar-refractivity contribution in [1.29, 1.82) is 0 Å². The number of ether oxygens (including phenoxy) is 1. The van der Waals surface area contributed by atoms with Crippen molar-refractivity contribution in [2.75, 3.05) is 23.8 Å². The molecule has 0 bridgehead atoms. The number of aryl methyl sites for hydroxylation is 1. The van der Waals surface area contributed by atoms with E-state index in [1.807, 2.05) is 0 Å². The molecule has 1 aliphatic rings. The molecule has 11 heteroatoms. The molecule has 3 rings (SSSR count). The van der Waals surface area contributed by atoms with E-state index in [-0.39, 0.29) is 24.3 Å². The van der Waals surface area contributed by atoms with Gasteiger partial charge in [-0.2, -0.15) is 23.3 Å². The van der Waals surface area contributed by atoms with Gasteiger partial charge in [0.25, 0.3) is 0 Å². The summed E-state index contributed by atoms with van der Waals surface area (Å²) in [5, 5.41) is 9.78. The number of alkyl halides is 3. The quantitative estimate of drug-likeness (QED) is 0.766. The number of nitrogens with one attached hydrogen (secondary N) is 2. The van der Waals surface area contributed by atoms with E-state index in [0.717, 1.165) is 6.20 Å². The van der Waals surface area contributed by atoms with Gasteiger partial charge in [0.15, 0.2) is 5.54 Å². The van der Waals surface area contributed by atoms with Gasteiger partial charge in [-0.05, 0) is 20.8 Å². The van der Waals surface area contributed by atoms with E-state index in [9.17, 15) is 18.0 Å². The number of aromatic nitrogens is 4. The molecule has 0 aromatic carbocycles. The van der Waals surface area contributed by atoms with Crippen molar-refractivity contribution in [3.63, 3.8) is 0 Å². The lowest BCUT2D eigenvalue weighted by atomic mass is 10.0. The van der Waals surface area contributed by atoms with Crippen molar-refractivity contribution in [3.8, 4) is 0 Å². The lowest BCUT2D eigenvalue weighted by Crippen LogP contribution is -2.35. The molecule has 1 saturated heterocycles. The van der Waals surface area contributed by atoms with Gasteiger partial charge in [-0.3, -0.25) is 4.68 Å². The van der Waals surface area contributed by atoms with Crippen LogP contribution in [0.3, 0.4) is 0 Å². The van der Waals surface area contributed by atoms with Gasteiger partial charge in [0.2, 0.25) is 5.95 Å². The predicted octanol–water partition coefficient (Wildman–Crippen LogP) is 2.84. The van der Waals surface area contributed by atoms with E-state index in [1.54, 1.807) is 27.0 Å². The summed E-state index contributed by atoms with van der Waals surface area (Å²) >= 11 is 0. The van der Waals surface area contributed by atoms with Crippen molar-refractivity contribution in [2.45, 2.75) is 38.9 Å². The summed E-state index contributed by atoms with van der Waals surface area (Å²) in [5.74, 6) is -0.698. The lowest BCUT2D eigenvalue weighted by Gasteiger charge is -2.19. The van der Waals surface area contributed by atoms with Crippen LogP contribution in [0.5, 0.6) is 0 Å². The topological polar surface area (TPSA) is 94.0 Å². The molecule has 2 aromatic rings. The van der Waals surface area contributed by atoms with Crippen molar-refractivity contribution < 1.29 is 22.7 Å². The maximum Gasteiger partial charge on any atom is 0.421 e. The average Bonchev–Trinajstić information content (AvgIpc) is 3.11. The number of hydrogen-bond acceptors (Lipinski definition) is 7. The first kappa shape index (κ1) is 18.9. The molecule has 3 heterocycles. The second kappa shape index (κ2) is 6.71. The molecule has 2 N–H and O–H groups in total. The molecule has 27 heavy (non-hydrogen) atoms. The molecule has 0 spiro atoms. The highest BCUT2D eigenvalue weighted by molar-refractivity contribution is 5.80. The zero-order valence-electron chi connectivity index (χ0n) is 15.0. The van der Waals surface area contributed by atoms with Gasteiger partial charge in [-0.1, -0.05) is 0 Å². The van der Waals surface area contributed by atoms with Crippen LogP contribution in [0.1, 0.15) is 31.5 Å². The molecular formula is C16H19F3N6O2. The Labute approximate surface area is 153 Å². The Bertz CT molecular complexity index is 866. The van der Waals surface area contributed by atoms with Gasteiger partial charge < -0.3 is 15.4 Å². The van der Waals surface area contributed by atoms with Crippen LogP contribution in [0.15, 0.2) is 12.4 Å². The van der Waals surface area contributed by atoms with E-state index in [1.165, 1.54) is 4.68 Å². The smallest absolute Gasteiger partial charge is 0.421 e. The number of carbonyl (C=O) groups is 1. The lowest BCUT2D eigenvalue weighted by molar-refractivity contribution is -0.145. The second-order valence-corrected chi connectivity index (χ2v) is 6.34. The average molecular weight is 384 g/mol. The van der Waals surface area contributed by atoms with Crippen LogP contribution in [0, 0.1) is 6.92 Å². The Morgan fingerprint density at radius 2 is 2.15 bits per heavy atom. The minimum atomic E-state index is -4.56. The zero-order valence-corrected chi connectivity index (χ0v) is 15.0. The maximum atomic E-state index is 13.1. The third-order valence-corrected chi connectivity index (χ3v) is 4.35. The first-order valence-electron chi connectivity index (χ1n) is 8.34. The van der Waals surface area contributed by atoms with Gasteiger partial charge >= 0.3 is 12.1 Å². The Hall–Kier alpha value is -2.85. The fourth-order valence-corrected chi connectivity index (χ4v) is 2.72. The fourth-order valence-electron chi connectivity index (χ4n) is 2.72. The molecule has 1 atom stereocenters. The minimum absolute atomic E-state index is 0.0132. The second-order valence-electron chi connectivity index (χ2n) is 6.34. The molecule has 0 saturated carbocycles. The highest BCUT2D eigenvalue weighted by Crippen LogP contribution is 2.34. The van der Waals surface area contributed by atoms with Gasteiger partial charge in [0, 0.05) is 19.2 Å². The molecular weight excluding hydrogens is 365 g/mol. The largest absolute Gasteiger partial charge is 0.464 e. The summed E-state index contributed by atoms with van der Waals surface area (Å²) in [7, 11) is 0. The summed E-state index contributed by atoms with van der Waals surface area (Å²) in [6.07, 6.45) is -1.76. The Kier molecular flexibility index (Phi) is 4.70. The first-order valence-corrected chi connectivity index (χ1v) is 8.34. The molecule has 0 aliphatic carbocycles. The summed E-state index contributed by atoms with van der Waals surface area (Å²) in [6, 6.07) is 0. The molecule has 146 valence electrons. The minimum Gasteiger partial charge on any atom is -0.464 e. The van der Waals surface area contributed by atoms with Crippen molar-refractivity contribution in [1.82, 2.24) is 19.7 Å². The van der Waals surface area contributed by atoms with Crippen LogP contribution in [0.4, 0.5) is 30.6 Å². The highest BCUT2D eigenvalue weighted by Gasteiger charge is 2.43. The number of nitrogens with zero attached hydrogens (tertiary/aromatic N) is 4. The molecule has 0 unspecified atom stereocenters. The normalized spacial score (nSPS) is 19.9. The first-order chi connectivity index (χ1) is 12.6. The molecule has 8 nitrogen and oxygen atoms in total. The number of halogens is 3. The highest BCUT2D eigenvalue weighted by atomic mass is 19.4. The van der Waals surface area contributed by atoms with Gasteiger partial charge in [0.1, 0.15) is 11.4 Å². The monoisotopic (exact) mass is 384 g/mol. The van der Waals surface area contributed by atoms with Gasteiger partial charge in [-0.15, -0.1) is 0 Å². The van der Waals surface area contributed by atoms with Crippen LogP contribution in [0.25, 0.3) is 0 Å². The summed E-state index contributed by atoms with van der Waals surface area (Å²) in [6.45, 7) is 5.68. The van der Waals surface area contributed by atoms with E-state index < -0.39 is 17.3 Å². The Morgan fingerprint density at radius 1 is 1.41 bits per heavy atom. The van der Waals surface area contributed by atoms with E-state index >= 15 is 0 Å². The molecule has 1 fully saturated rings. The maximum absolute atomic E-state index is 13.1. The number of anilines is 3. The molecule has 0 radical (unpaired) electrons. The van der Waals surface area contributed by atoms with Crippen LogP contribution in [-0.4, -0.2) is 38.9 Å². The predicted molar refractivity (Wildman–Crippen MR) is 90.7 cm³/mol. The third-order valence-electron chi connectivity index (χ3n) is 4.35. The third kappa shape index (κ3) is 3.53. The van der Waals surface area contributed by atoms with Crippen LogP contribution in [0.2, 0.25) is 0 Å². The SMILES string of the molecule is CCNc1nc(Nc2cn([C@]3(C)CCOC3=O)nc2C)ncc1C(F)(F)F. The van der Waals surface area contributed by atoms with Gasteiger partial charge in [0.05, 0.1) is 24.2 Å².